The van der Waals surface area contributed by atoms with E-state index in [2.05, 4.69) is 64.9 Å². The molecule has 10 heteroatoms. The highest BCUT2D eigenvalue weighted by Gasteiger charge is 2.35. The van der Waals surface area contributed by atoms with E-state index < -0.39 is 5.97 Å². The average Bonchev–Trinajstić information content (AvgIpc) is 3.15. The van der Waals surface area contributed by atoms with E-state index in [1.54, 1.807) is 20.3 Å². The van der Waals surface area contributed by atoms with Crippen LogP contribution in [0.4, 0.5) is 0 Å². The van der Waals surface area contributed by atoms with E-state index >= 15 is 0 Å². The van der Waals surface area contributed by atoms with Gasteiger partial charge in [-0.15, -0.1) is 0 Å². The minimum Gasteiger partial charge on any atom is -0.493 e. The lowest BCUT2D eigenvalue weighted by Gasteiger charge is -2.37. The second-order valence-corrected chi connectivity index (χ2v) is 13.5. The predicted octanol–water partition coefficient (Wildman–Crippen LogP) is 7.30. The van der Waals surface area contributed by atoms with Crippen molar-refractivity contribution in [1.82, 2.24) is 20.0 Å². The summed E-state index contributed by atoms with van der Waals surface area (Å²) >= 11 is 0. The molecule has 0 aliphatic carbocycles. The van der Waals surface area contributed by atoms with Crippen LogP contribution in [0.3, 0.4) is 0 Å². The van der Waals surface area contributed by atoms with E-state index in [4.69, 9.17) is 23.7 Å². The largest absolute Gasteiger partial charge is 0.493 e. The number of hydrogen-bond acceptors (Lipinski definition) is 10. The number of methoxy groups -OCH3 is 2. The second-order valence-electron chi connectivity index (χ2n) is 13.5. The highest BCUT2D eigenvalue weighted by atomic mass is 16.6. The van der Waals surface area contributed by atoms with Gasteiger partial charge in [-0.05, 0) is 117 Å². The lowest BCUT2D eigenvalue weighted by atomic mass is 9.87. The number of nitrogens with zero attached hydrogens (tertiary/aromatic N) is 4. The molecule has 4 aromatic rings. The van der Waals surface area contributed by atoms with E-state index in [1.807, 2.05) is 43.3 Å². The van der Waals surface area contributed by atoms with E-state index in [9.17, 15) is 4.79 Å². The zero-order chi connectivity index (χ0) is 36.4. The first kappa shape index (κ1) is 35.0. The van der Waals surface area contributed by atoms with Crippen molar-refractivity contribution in [1.29, 1.82) is 0 Å². The van der Waals surface area contributed by atoms with Crippen LogP contribution < -0.4 is 23.7 Å². The summed E-state index contributed by atoms with van der Waals surface area (Å²) < 4.78 is 31.2. The Balaban J connectivity index is 1.44. The first-order valence-corrected chi connectivity index (χ1v) is 17.5. The third-order valence-electron chi connectivity index (χ3n) is 10.3. The van der Waals surface area contributed by atoms with E-state index in [0.29, 0.717) is 35.2 Å². The molecule has 3 aromatic carbocycles. The number of ether oxygens (including phenoxy) is 5. The molecule has 0 fully saturated rings. The second kappa shape index (κ2) is 15.0. The smallest absolute Gasteiger partial charge is 0.345 e. The summed E-state index contributed by atoms with van der Waals surface area (Å²) in [6.07, 6.45) is 9.92. The van der Waals surface area contributed by atoms with Crippen molar-refractivity contribution in [2.45, 2.75) is 44.7 Å². The van der Waals surface area contributed by atoms with Gasteiger partial charge in [-0.2, -0.15) is 10.2 Å². The molecule has 0 spiro atoms. The van der Waals surface area contributed by atoms with Crippen molar-refractivity contribution in [3.63, 3.8) is 0 Å². The first-order chi connectivity index (χ1) is 25.3. The summed E-state index contributed by atoms with van der Waals surface area (Å²) in [4.78, 5) is 18.3. The third kappa shape index (κ3) is 7.04. The molecule has 4 aliphatic rings. The van der Waals surface area contributed by atoms with Gasteiger partial charge in [-0.1, -0.05) is 30.9 Å². The van der Waals surface area contributed by atoms with E-state index in [0.717, 1.165) is 60.4 Å². The molecule has 4 bridgehead atoms. The van der Waals surface area contributed by atoms with Crippen LogP contribution in [0.2, 0.25) is 0 Å². The Morgan fingerprint density at radius 1 is 0.885 bits per heavy atom. The van der Waals surface area contributed by atoms with Crippen LogP contribution in [0.25, 0.3) is 0 Å². The van der Waals surface area contributed by atoms with Crippen LogP contribution in [0, 0.1) is 0 Å². The number of fused-ring (bicyclic) bond motifs is 3. The van der Waals surface area contributed by atoms with Gasteiger partial charge in [0.25, 0.3) is 0 Å². The number of likely N-dealkylation sites (N-methyl/N-ethyl adjacent to an activating group) is 2. The molecule has 0 saturated carbocycles. The molecule has 10 nitrogen and oxygen atoms in total. The van der Waals surface area contributed by atoms with E-state index in [1.165, 1.54) is 23.5 Å². The van der Waals surface area contributed by atoms with Gasteiger partial charge in [0.15, 0.2) is 23.0 Å². The SMILES string of the molecule is C=CC1=C2/C=C(\C)Oc3c(OC(=O)c4ccnnc4)c(OC)cc4c3[C@H](Cc3ccc(OC)c(c3)Oc3ccc(cc3)C[C@@H]2N(C)CC1)N(C)CC4. The molecule has 2 atom stereocenters. The maximum atomic E-state index is 13.6. The fraction of sp³-hybridized carbons (Fsp3) is 0.310. The Hall–Kier alpha value is -5.45. The quantitative estimate of drug-likeness (QED) is 0.156. The van der Waals surface area contributed by atoms with Crippen LogP contribution in [-0.4, -0.2) is 73.4 Å². The molecular weight excluding hydrogens is 656 g/mol. The molecule has 0 amide bonds. The fourth-order valence-corrected chi connectivity index (χ4v) is 7.42. The topological polar surface area (TPSA) is 95.5 Å². The molecule has 1 aromatic heterocycles. The molecular formula is C42H44N4O6. The van der Waals surface area contributed by atoms with Crippen LogP contribution >= 0.6 is 0 Å². The zero-order valence-corrected chi connectivity index (χ0v) is 30.3. The minimum atomic E-state index is -0.594. The summed E-state index contributed by atoms with van der Waals surface area (Å²) in [6, 6.07) is 17.8. The normalized spacial score (nSPS) is 20.1. The summed E-state index contributed by atoms with van der Waals surface area (Å²) in [6.45, 7) is 7.85. The van der Waals surface area contributed by atoms with Crippen LogP contribution in [-0.2, 0) is 19.3 Å². The lowest BCUT2D eigenvalue weighted by Crippen LogP contribution is -2.39. The fourth-order valence-electron chi connectivity index (χ4n) is 7.42. The Morgan fingerprint density at radius 3 is 2.35 bits per heavy atom. The van der Waals surface area contributed by atoms with Crippen LogP contribution in [0.1, 0.15) is 52.0 Å². The number of rotatable bonds is 5. The highest BCUT2D eigenvalue weighted by molar-refractivity contribution is 5.91. The summed E-state index contributed by atoms with van der Waals surface area (Å²) in [5, 5.41) is 7.70. The Kier molecular flexibility index (Phi) is 10.1. The maximum Gasteiger partial charge on any atom is 0.345 e. The number of esters is 1. The van der Waals surface area contributed by atoms with Crippen molar-refractivity contribution < 1.29 is 28.5 Å². The number of aromatic nitrogens is 2. The molecule has 0 saturated heterocycles. The van der Waals surface area contributed by atoms with Crippen LogP contribution in [0.15, 0.2) is 103 Å². The van der Waals surface area contributed by atoms with Crippen molar-refractivity contribution >= 4 is 5.97 Å². The molecule has 0 radical (unpaired) electrons. The maximum absolute atomic E-state index is 13.6. The van der Waals surface area contributed by atoms with Gasteiger partial charge in [0.05, 0.1) is 32.2 Å². The van der Waals surface area contributed by atoms with Gasteiger partial charge >= 0.3 is 5.97 Å². The molecule has 8 rings (SSSR count). The third-order valence-corrected chi connectivity index (χ3v) is 10.3. The average molecular weight is 701 g/mol. The number of carbonyl (C=O) groups is 1. The molecule has 0 unspecified atom stereocenters. The monoisotopic (exact) mass is 700 g/mol. The summed E-state index contributed by atoms with van der Waals surface area (Å²) in [5.41, 5.74) is 6.78. The molecule has 52 heavy (non-hydrogen) atoms. The Bertz CT molecular complexity index is 2040. The molecule has 268 valence electrons. The molecule has 5 heterocycles. The van der Waals surface area contributed by atoms with Crippen molar-refractivity contribution in [2.75, 3.05) is 41.4 Å². The van der Waals surface area contributed by atoms with Crippen molar-refractivity contribution in [2.24, 2.45) is 0 Å². The van der Waals surface area contributed by atoms with Crippen molar-refractivity contribution in [3.8, 4) is 34.5 Å². The minimum absolute atomic E-state index is 0.0670. The van der Waals surface area contributed by atoms with Gasteiger partial charge < -0.3 is 23.7 Å². The number of hydrogen-bond donors (Lipinski definition) is 0. The van der Waals surface area contributed by atoms with Gasteiger partial charge in [0.1, 0.15) is 11.5 Å². The number of benzene rings is 3. The van der Waals surface area contributed by atoms with Gasteiger partial charge in [-0.25, -0.2) is 4.79 Å². The standard InChI is InChI=1S/C42H44N4O6/c1-7-29-15-18-45(3)34-21-27-8-11-32(12-9-27)51-37-23-28(10-13-36(37)48-5)22-35-39-30(16-19-46(35)4)24-38(49-6)40(41(39)50-26(2)20-33(29)34)52-42(47)31-14-17-43-44-25-31/h7-14,17,20,23-25,34-35H,1,15-16,18-19,21-22H2,2-6H3/b26-20+/t34-,35-/m0/s1. The van der Waals surface area contributed by atoms with Gasteiger partial charge in [0, 0.05) is 30.7 Å². The Labute approximate surface area is 304 Å². The zero-order valence-electron chi connectivity index (χ0n) is 30.3. The summed E-state index contributed by atoms with van der Waals surface area (Å²) in [7, 11) is 7.48. The number of carbonyl (C=O) groups excluding carboxylic acids is 1. The Morgan fingerprint density at radius 2 is 1.62 bits per heavy atom. The number of allylic oxidation sites excluding steroid dienone is 2. The van der Waals surface area contributed by atoms with E-state index in [-0.39, 0.29) is 23.4 Å². The predicted molar refractivity (Wildman–Crippen MR) is 199 cm³/mol. The molecule has 4 aliphatic heterocycles. The van der Waals surface area contributed by atoms with Gasteiger partial charge in [-0.3, -0.25) is 9.80 Å². The molecule has 0 N–H and O–H groups in total. The van der Waals surface area contributed by atoms with Crippen LogP contribution in [0.5, 0.6) is 34.5 Å². The van der Waals surface area contributed by atoms with Gasteiger partial charge in [0.2, 0.25) is 5.75 Å². The summed E-state index contributed by atoms with van der Waals surface area (Å²) in [5.74, 6) is 3.12. The first-order valence-electron chi connectivity index (χ1n) is 17.5. The lowest BCUT2D eigenvalue weighted by molar-refractivity contribution is 0.0722. The van der Waals surface area contributed by atoms with Crippen molar-refractivity contribution in [3.05, 3.63) is 130 Å². The highest BCUT2D eigenvalue weighted by Crippen LogP contribution is 2.50.